The molecule has 0 aliphatic heterocycles. The highest BCUT2D eigenvalue weighted by molar-refractivity contribution is 7.86. The molecule has 2 aromatic rings. The van der Waals surface area contributed by atoms with Crippen molar-refractivity contribution in [1.29, 1.82) is 0 Å². The van der Waals surface area contributed by atoms with Gasteiger partial charge in [0.05, 0.1) is 6.26 Å². The summed E-state index contributed by atoms with van der Waals surface area (Å²) in [5.74, 6) is 0.240. The van der Waals surface area contributed by atoms with Crippen molar-refractivity contribution in [2.75, 3.05) is 18.1 Å². The fraction of sp³-hybridized carbons (Fsp3) is 0.316. The van der Waals surface area contributed by atoms with Crippen molar-refractivity contribution in [3.63, 3.8) is 0 Å². The molecule has 0 bridgehead atoms. The molecule has 0 spiro atoms. The molecular weight excluding hydrogens is 388 g/mol. The molecule has 0 heterocycles. The molecule has 8 heteroatoms. The first-order chi connectivity index (χ1) is 12.8. The zero-order chi connectivity index (χ0) is 19.9. The van der Waals surface area contributed by atoms with Crippen LogP contribution in [0.5, 0.6) is 5.75 Å². The predicted octanol–water partition coefficient (Wildman–Crippen LogP) is 4.51. The Kier molecular flexibility index (Phi) is 7.50. The zero-order valence-corrected chi connectivity index (χ0v) is 16.9. The summed E-state index contributed by atoms with van der Waals surface area (Å²) >= 11 is 5.96. The largest absolute Gasteiger partial charge is 0.383 e. The lowest BCUT2D eigenvalue weighted by Gasteiger charge is -2.23. The van der Waals surface area contributed by atoms with Gasteiger partial charge in [0.25, 0.3) is 0 Å². The van der Waals surface area contributed by atoms with E-state index in [9.17, 15) is 13.2 Å². The molecule has 1 N–H and O–H groups in total. The normalized spacial score (nSPS) is 11.1. The van der Waals surface area contributed by atoms with Crippen LogP contribution in [-0.2, 0) is 16.7 Å². The molecule has 2 rings (SSSR count). The maximum absolute atomic E-state index is 12.7. The van der Waals surface area contributed by atoms with E-state index in [0.29, 0.717) is 23.8 Å². The minimum atomic E-state index is -3.56. The van der Waals surface area contributed by atoms with Gasteiger partial charge < -0.3 is 14.4 Å². The first-order valence-electron chi connectivity index (χ1n) is 8.56. The van der Waals surface area contributed by atoms with Gasteiger partial charge in [-0.3, -0.25) is 0 Å². The van der Waals surface area contributed by atoms with E-state index < -0.39 is 10.1 Å². The first kappa shape index (κ1) is 21.1. The van der Waals surface area contributed by atoms with E-state index in [1.165, 1.54) is 0 Å². The molecule has 6 nitrogen and oxygen atoms in total. The Morgan fingerprint density at radius 1 is 1.19 bits per heavy atom. The van der Waals surface area contributed by atoms with Crippen molar-refractivity contribution in [3.05, 3.63) is 59.1 Å². The van der Waals surface area contributed by atoms with Crippen molar-refractivity contribution in [2.24, 2.45) is 0 Å². The molecule has 0 aliphatic carbocycles. The maximum atomic E-state index is 12.7. The van der Waals surface area contributed by atoms with Crippen LogP contribution in [0.15, 0.2) is 48.5 Å². The molecule has 0 unspecified atom stereocenters. The average molecular weight is 411 g/mol. The van der Waals surface area contributed by atoms with Gasteiger partial charge in [-0.05, 0) is 42.3 Å². The second-order valence-corrected chi connectivity index (χ2v) is 8.16. The molecule has 2 aromatic carbocycles. The lowest BCUT2D eigenvalue weighted by Crippen LogP contribution is -2.35. The number of carbonyl (C=O) groups excluding carboxylic acids is 1. The van der Waals surface area contributed by atoms with E-state index >= 15 is 0 Å². The number of halogens is 1. The minimum Gasteiger partial charge on any atom is -0.383 e. The lowest BCUT2D eigenvalue weighted by molar-refractivity contribution is 0.208. The van der Waals surface area contributed by atoms with Crippen LogP contribution < -0.4 is 9.50 Å². The molecule has 0 aliphatic rings. The summed E-state index contributed by atoms with van der Waals surface area (Å²) in [5.41, 5.74) is 1.50. The summed E-state index contributed by atoms with van der Waals surface area (Å²) in [6, 6.07) is 13.4. The number of urea groups is 1. The highest BCUT2D eigenvalue weighted by Crippen LogP contribution is 2.18. The number of carbonyl (C=O) groups is 1. The molecule has 0 radical (unpaired) electrons. The Morgan fingerprint density at radius 2 is 1.89 bits per heavy atom. The van der Waals surface area contributed by atoms with E-state index in [2.05, 4.69) is 12.2 Å². The van der Waals surface area contributed by atoms with Crippen LogP contribution in [0.1, 0.15) is 25.3 Å². The molecule has 146 valence electrons. The summed E-state index contributed by atoms with van der Waals surface area (Å²) < 4.78 is 27.2. The third kappa shape index (κ3) is 7.48. The van der Waals surface area contributed by atoms with Crippen LogP contribution in [0.3, 0.4) is 0 Å². The van der Waals surface area contributed by atoms with E-state index in [4.69, 9.17) is 15.8 Å². The van der Waals surface area contributed by atoms with Crippen molar-refractivity contribution >= 4 is 33.4 Å². The van der Waals surface area contributed by atoms with E-state index in [-0.39, 0.29) is 11.8 Å². The quantitative estimate of drug-likeness (QED) is 0.649. The van der Waals surface area contributed by atoms with Crippen LogP contribution >= 0.6 is 11.6 Å². The summed E-state index contributed by atoms with van der Waals surface area (Å²) in [4.78, 5) is 14.4. The van der Waals surface area contributed by atoms with Crippen LogP contribution in [0, 0.1) is 0 Å². The third-order valence-electron chi connectivity index (χ3n) is 3.69. The summed E-state index contributed by atoms with van der Waals surface area (Å²) in [5, 5.41) is 3.40. The Balaban J connectivity index is 2.07. The fourth-order valence-electron chi connectivity index (χ4n) is 2.42. The van der Waals surface area contributed by atoms with Gasteiger partial charge in [-0.1, -0.05) is 43.1 Å². The number of amides is 2. The molecule has 0 saturated heterocycles. The van der Waals surface area contributed by atoms with Gasteiger partial charge in [0.1, 0.15) is 5.75 Å². The number of nitrogens with one attached hydrogen (secondary N) is 1. The second-order valence-electron chi connectivity index (χ2n) is 6.15. The molecule has 27 heavy (non-hydrogen) atoms. The third-order valence-corrected chi connectivity index (χ3v) is 4.42. The zero-order valence-electron chi connectivity index (χ0n) is 15.3. The molecule has 0 fully saturated rings. The van der Waals surface area contributed by atoms with E-state index in [0.717, 1.165) is 24.7 Å². The summed E-state index contributed by atoms with van der Waals surface area (Å²) in [6.07, 6.45) is 2.83. The fourth-order valence-corrected chi connectivity index (χ4v) is 3.07. The van der Waals surface area contributed by atoms with Gasteiger partial charge in [0.2, 0.25) is 0 Å². The highest BCUT2D eigenvalue weighted by atomic mass is 35.5. The van der Waals surface area contributed by atoms with Crippen LogP contribution in [0.25, 0.3) is 0 Å². The molecule has 0 aromatic heterocycles. The van der Waals surface area contributed by atoms with Crippen LogP contribution in [0.2, 0.25) is 5.02 Å². The van der Waals surface area contributed by atoms with Crippen molar-refractivity contribution in [1.82, 2.24) is 4.90 Å². The van der Waals surface area contributed by atoms with E-state index in [1.807, 2.05) is 0 Å². The Hall–Kier alpha value is -2.25. The smallest absolute Gasteiger partial charge is 0.322 e. The lowest BCUT2D eigenvalue weighted by atomic mass is 10.2. The van der Waals surface area contributed by atoms with Gasteiger partial charge in [0.15, 0.2) is 0 Å². The number of benzene rings is 2. The van der Waals surface area contributed by atoms with Gasteiger partial charge in [0, 0.05) is 23.8 Å². The average Bonchev–Trinajstić information content (AvgIpc) is 2.58. The first-order valence-corrected chi connectivity index (χ1v) is 10.8. The van der Waals surface area contributed by atoms with E-state index in [1.54, 1.807) is 53.4 Å². The number of rotatable bonds is 8. The number of hydrogen-bond acceptors (Lipinski definition) is 4. The van der Waals surface area contributed by atoms with Gasteiger partial charge in [-0.15, -0.1) is 0 Å². The number of anilines is 1. The number of nitrogens with zero attached hydrogens (tertiary/aromatic N) is 1. The second kappa shape index (κ2) is 9.62. The minimum absolute atomic E-state index is 0.220. The molecule has 0 saturated carbocycles. The Labute approximate surface area is 165 Å². The molecule has 2 amide bonds. The SMILES string of the molecule is CCCCN(Cc1ccc(OS(C)(=O)=O)cc1)C(=O)Nc1cccc(Cl)c1. The van der Waals surface area contributed by atoms with Gasteiger partial charge >= 0.3 is 16.1 Å². The predicted molar refractivity (Wildman–Crippen MR) is 108 cm³/mol. The molecular formula is C19H23ClN2O4S. The Bertz CT molecular complexity index is 870. The monoisotopic (exact) mass is 410 g/mol. The molecule has 0 atom stereocenters. The summed E-state index contributed by atoms with van der Waals surface area (Å²) in [6.45, 7) is 3.06. The van der Waals surface area contributed by atoms with Crippen molar-refractivity contribution in [2.45, 2.75) is 26.3 Å². The van der Waals surface area contributed by atoms with Crippen molar-refractivity contribution < 1.29 is 17.4 Å². The van der Waals surface area contributed by atoms with Crippen LogP contribution in [0.4, 0.5) is 10.5 Å². The van der Waals surface area contributed by atoms with Crippen molar-refractivity contribution in [3.8, 4) is 5.75 Å². The van der Waals surface area contributed by atoms with Crippen LogP contribution in [-0.4, -0.2) is 32.1 Å². The maximum Gasteiger partial charge on any atom is 0.322 e. The standard InChI is InChI=1S/C19H23ClN2O4S/c1-3-4-12-22(19(23)21-17-7-5-6-16(20)13-17)14-15-8-10-18(11-9-15)26-27(2,24)25/h5-11,13H,3-4,12,14H2,1-2H3,(H,21,23). The number of unbranched alkanes of at least 4 members (excludes halogenated alkanes) is 1. The highest BCUT2D eigenvalue weighted by Gasteiger charge is 2.14. The Morgan fingerprint density at radius 3 is 2.48 bits per heavy atom. The summed E-state index contributed by atoms with van der Waals surface area (Å²) in [7, 11) is -3.56. The van der Waals surface area contributed by atoms with Gasteiger partial charge in [-0.2, -0.15) is 8.42 Å². The number of hydrogen-bond donors (Lipinski definition) is 1. The van der Waals surface area contributed by atoms with Gasteiger partial charge in [-0.25, -0.2) is 4.79 Å². The topological polar surface area (TPSA) is 75.7 Å².